The highest BCUT2D eigenvalue weighted by Gasteiger charge is 2.23. The Morgan fingerprint density at radius 3 is 2.10 bits per heavy atom. The monoisotopic (exact) mass is 883 g/mol. The number of sulfone groups is 2. The van der Waals surface area contributed by atoms with Gasteiger partial charge < -0.3 is 20.4 Å². The first kappa shape index (κ1) is 41.8. The van der Waals surface area contributed by atoms with E-state index in [-0.39, 0.29) is 50.2 Å². The Balaban J connectivity index is 0.000000177. The summed E-state index contributed by atoms with van der Waals surface area (Å²) >= 11 is 0. The zero-order chi connectivity index (χ0) is 44.1. The summed E-state index contributed by atoms with van der Waals surface area (Å²) in [5.41, 5.74) is 4.50. The van der Waals surface area contributed by atoms with E-state index in [1.165, 1.54) is 60.7 Å². The maximum atomic E-state index is 13.3. The van der Waals surface area contributed by atoms with E-state index in [9.17, 15) is 26.4 Å². The zero-order valence-corrected chi connectivity index (χ0v) is 35.1. The summed E-state index contributed by atoms with van der Waals surface area (Å²) in [6, 6.07) is 24.6. The molecule has 0 saturated heterocycles. The number of H-pyrrole nitrogens is 2. The number of pyridine rings is 2. The number of nitrogens with one attached hydrogen (secondary N) is 4. The molecule has 6 heterocycles. The Labute approximate surface area is 359 Å². The SMILES string of the molecule is COc1cc(-n2cccn2)ccc1S(=O)(=O)c1ccc(CNC(=O)c2cnc3[nH]ncc3c2)cc1.Cn1cc(S(=O)(=O)c2ccc(CNC(=O)c3cc4cnccc4[nH]3)cc2)cn1. The van der Waals surface area contributed by atoms with E-state index in [1.807, 2.05) is 0 Å². The zero-order valence-electron chi connectivity index (χ0n) is 33.5. The highest BCUT2D eigenvalue weighted by atomic mass is 32.2. The predicted octanol–water partition coefficient (Wildman–Crippen LogP) is 4.97. The second kappa shape index (κ2) is 17.6. The number of fused-ring (bicyclic) bond motifs is 2. The maximum absolute atomic E-state index is 13.3. The number of hydrogen-bond donors (Lipinski definition) is 4. The third-order valence-corrected chi connectivity index (χ3v) is 13.3. The molecule has 18 nitrogen and oxygen atoms in total. The van der Waals surface area contributed by atoms with Gasteiger partial charge in [-0.3, -0.25) is 24.4 Å². The van der Waals surface area contributed by atoms with Crippen molar-refractivity contribution in [3.8, 4) is 11.4 Å². The van der Waals surface area contributed by atoms with Crippen LogP contribution in [0.3, 0.4) is 0 Å². The lowest BCUT2D eigenvalue weighted by molar-refractivity contribution is 0.0940. The summed E-state index contributed by atoms with van der Waals surface area (Å²) in [6.45, 7) is 0.504. The van der Waals surface area contributed by atoms with Crippen LogP contribution < -0.4 is 15.4 Å². The molecule has 9 aromatic rings. The molecule has 0 unspecified atom stereocenters. The Bertz CT molecular complexity index is 3270. The molecule has 63 heavy (non-hydrogen) atoms. The molecule has 4 N–H and O–H groups in total. The van der Waals surface area contributed by atoms with Crippen LogP contribution in [0.15, 0.2) is 160 Å². The minimum atomic E-state index is -3.83. The van der Waals surface area contributed by atoms with Crippen molar-refractivity contribution in [3.63, 3.8) is 0 Å². The lowest BCUT2D eigenvalue weighted by atomic mass is 10.2. The van der Waals surface area contributed by atoms with Crippen molar-refractivity contribution in [2.75, 3.05) is 7.11 Å². The first-order valence-corrected chi connectivity index (χ1v) is 22.0. The molecular weight excluding hydrogens is 847 g/mol. The van der Waals surface area contributed by atoms with Crippen LogP contribution in [0.1, 0.15) is 32.0 Å². The van der Waals surface area contributed by atoms with Gasteiger partial charge in [0.15, 0.2) is 5.65 Å². The molecule has 0 aliphatic rings. The first-order valence-electron chi connectivity index (χ1n) is 19.0. The van der Waals surface area contributed by atoms with E-state index < -0.39 is 19.7 Å². The normalized spacial score (nSPS) is 11.5. The van der Waals surface area contributed by atoms with E-state index in [0.717, 1.165) is 27.4 Å². The van der Waals surface area contributed by atoms with Crippen molar-refractivity contribution >= 4 is 53.4 Å². The number of aromatic nitrogens is 9. The van der Waals surface area contributed by atoms with E-state index in [4.69, 9.17) is 4.74 Å². The van der Waals surface area contributed by atoms with Gasteiger partial charge in [-0.2, -0.15) is 15.3 Å². The van der Waals surface area contributed by atoms with Crippen molar-refractivity contribution in [2.45, 2.75) is 32.7 Å². The summed E-state index contributed by atoms with van der Waals surface area (Å²) in [4.78, 5) is 36.5. The van der Waals surface area contributed by atoms with Gasteiger partial charge in [0.2, 0.25) is 19.7 Å². The fourth-order valence-electron chi connectivity index (χ4n) is 6.43. The molecule has 0 radical (unpaired) electrons. The van der Waals surface area contributed by atoms with Gasteiger partial charge in [0.25, 0.3) is 11.8 Å². The Morgan fingerprint density at radius 1 is 0.730 bits per heavy atom. The molecule has 20 heteroatoms. The van der Waals surface area contributed by atoms with Gasteiger partial charge in [-0.25, -0.2) is 26.5 Å². The molecule has 0 aliphatic carbocycles. The standard InChI is InChI=1S/C24H20N6O4S.C19H17N5O3S/c1-34-21-12-19(30-10-2-9-28-30)5-8-22(21)35(32,33)20-6-3-16(4-7-20)13-26-24(31)18-11-17-15-27-29-23(17)25-14-18;1-24-12-16(11-22-24)28(26,27)15-4-2-13(3-5-15)9-21-19(25)18-8-14-10-20-7-6-17(14)23-18/h2-12,14-15H,13H2,1H3,(H,26,31)(H,25,27,29);2-8,10-12,23H,9H2,1H3,(H,21,25). The number of nitrogens with zero attached hydrogens (tertiary/aromatic N) is 7. The average molecular weight is 884 g/mol. The number of benzene rings is 3. The van der Waals surface area contributed by atoms with Crippen LogP contribution in [0, 0.1) is 0 Å². The first-order chi connectivity index (χ1) is 30.4. The Hall–Kier alpha value is -7.97. The highest BCUT2D eigenvalue weighted by Crippen LogP contribution is 2.31. The van der Waals surface area contributed by atoms with E-state index in [0.29, 0.717) is 22.6 Å². The minimum Gasteiger partial charge on any atom is -0.495 e. The fourth-order valence-corrected chi connectivity index (χ4v) is 9.08. The Morgan fingerprint density at radius 2 is 1.44 bits per heavy atom. The van der Waals surface area contributed by atoms with Gasteiger partial charge in [-0.15, -0.1) is 0 Å². The van der Waals surface area contributed by atoms with Crippen molar-refractivity contribution in [3.05, 3.63) is 163 Å². The molecule has 0 saturated carbocycles. The van der Waals surface area contributed by atoms with Crippen LogP contribution in [0.2, 0.25) is 0 Å². The van der Waals surface area contributed by atoms with Gasteiger partial charge in [0.1, 0.15) is 21.2 Å². The fraction of sp³-hybridized carbons (Fsp3) is 0.0930. The smallest absolute Gasteiger partial charge is 0.267 e. The van der Waals surface area contributed by atoms with E-state index in [2.05, 4.69) is 46.0 Å². The second-order valence-electron chi connectivity index (χ2n) is 14.0. The number of carbonyl (C=O) groups is 2. The molecule has 0 atom stereocenters. The summed E-state index contributed by atoms with van der Waals surface area (Å²) in [6.07, 6.45) is 12.6. The maximum Gasteiger partial charge on any atom is 0.267 e. The average Bonchev–Trinajstić information content (AvgIpc) is 4.16. The van der Waals surface area contributed by atoms with Crippen LogP contribution >= 0.6 is 0 Å². The number of rotatable bonds is 12. The van der Waals surface area contributed by atoms with Gasteiger partial charge >= 0.3 is 0 Å². The molecule has 0 bridgehead atoms. The summed E-state index contributed by atoms with van der Waals surface area (Å²) in [5, 5.41) is 21.9. The van der Waals surface area contributed by atoms with Crippen molar-refractivity contribution in [1.82, 2.24) is 55.3 Å². The number of carbonyl (C=O) groups excluding carboxylic acids is 2. The molecular formula is C43H37N11O7S2. The summed E-state index contributed by atoms with van der Waals surface area (Å²) in [5.74, 6) is -0.319. The van der Waals surface area contributed by atoms with Crippen LogP contribution in [-0.4, -0.2) is 80.5 Å². The summed E-state index contributed by atoms with van der Waals surface area (Å²) in [7, 11) is -4.35. The number of amides is 2. The number of aryl methyl sites for hydroxylation is 1. The van der Waals surface area contributed by atoms with Gasteiger partial charge in [0.05, 0.1) is 40.5 Å². The number of methoxy groups -OCH3 is 1. The lowest BCUT2D eigenvalue weighted by Gasteiger charge is -2.12. The number of hydrogen-bond acceptors (Lipinski definition) is 12. The second-order valence-corrected chi connectivity index (χ2v) is 17.8. The highest BCUT2D eigenvalue weighted by molar-refractivity contribution is 7.91. The molecule has 3 aromatic carbocycles. The lowest BCUT2D eigenvalue weighted by Crippen LogP contribution is -2.23. The van der Waals surface area contributed by atoms with Crippen molar-refractivity contribution in [1.29, 1.82) is 0 Å². The molecule has 2 amide bonds. The van der Waals surface area contributed by atoms with Crippen LogP contribution in [0.4, 0.5) is 0 Å². The molecule has 318 valence electrons. The topological polar surface area (TPSA) is 242 Å². The van der Waals surface area contributed by atoms with E-state index in [1.54, 1.807) is 103 Å². The third kappa shape index (κ3) is 9.06. The van der Waals surface area contributed by atoms with Crippen LogP contribution in [0.5, 0.6) is 5.75 Å². The van der Waals surface area contributed by atoms with Gasteiger partial charge in [-0.1, -0.05) is 24.3 Å². The van der Waals surface area contributed by atoms with Gasteiger partial charge in [-0.05, 0) is 71.8 Å². The molecule has 0 aliphatic heterocycles. The third-order valence-electron chi connectivity index (χ3n) is 9.79. The molecule has 0 fully saturated rings. The van der Waals surface area contributed by atoms with Crippen LogP contribution in [0.25, 0.3) is 27.6 Å². The van der Waals surface area contributed by atoms with E-state index >= 15 is 0 Å². The predicted molar refractivity (Wildman–Crippen MR) is 229 cm³/mol. The van der Waals surface area contributed by atoms with Crippen molar-refractivity contribution in [2.24, 2.45) is 7.05 Å². The Kier molecular flexibility index (Phi) is 11.6. The largest absolute Gasteiger partial charge is 0.495 e. The number of ether oxygens (including phenoxy) is 1. The van der Waals surface area contributed by atoms with Crippen molar-refractivity contribution < 1.29 is 31.2 Å². The quantitative estimate of drug-likeness (QED) is 0.127. The minimum absolute atomic E-state index is 0.0547. The summed E-state index contributed by atoms with van der Waals surface area (Å²) < 4.78 is 60.1. The molecule has 6 aromatic heterocycles. The molecule has 9 rings (SSSR count). The molecule has 0 spiro atoms. The van der Waals surface area contributed by atoms with Gasteiger partial charge in [0, 0.05) is 79.7 Å². The number of aromatic amines is 2. The van der Waals surface area contributed by atoms with Crippen LogP contribution in [-0.2, 0) is 39.8 Å².